The van der Waals surface area contributed by atoms with Gasteiger partial charge in [0, 0.05) is 24.5 Å². The Labute approximate surface area is 160 Å². The van der Waals surface area contributed by atoms with Gasteiger partial charge in [0.05, 0.1) is 0 Å². The smallest absolute Gasteiger partial charge is 0.274 e. The van der Waals surface area contributed by atoms with Gasteiger partial charge in [0.15, 0.2) is 0 Å². The van der Waals surface area contributed by atoms with E-state index < -0.39 is 0 Å². The van der Waals surface area contributed by atoms with Crippen LogP contribution < -0.4 is 4.90 Å². The predicted molar refractivity (Wildman–Crippen MR) is 103 cm³/mol. The van der Waals surface area contributed by atoms with Crippen molar-refractivity contribution < 1.29 is 13.7 Å². The van der Waals surface area contributed by atoms with Gasteiger partial charge in [-0.3, -0.25) is 4.79 Å². The highest BCUT2D eigenvalue weighted by Crippen LogP contribution is 2.23. The number of anilines is 1. The SMILES string of the molecule is CN(C(=O)Cn1cccc1-c1nc(-c2ccccc2)no1)c1ccc(F)cc1. The van der Waals surface area contributed by atoms with Crippen LogP contribution >= 0.6 is 0 Å². The lowest BCUT2D eigenvalue weighted by molar-refractivity contribution is -0.118. The highest BCUT2D eigenvalue weighted by atomic mass is 19.1. The van der Waals surface area contributed by atoms with Crippen LogP contribution in [0.4, 0.5) is 10.1 Å². The molecule has 2 heterocycles. The Balaban J connectivity index is 1.54. The summed E-state index contributed by atoms with van der Waals surface area (Å²) < 4.78 is 20.2. The van der Waals surface area contributed by atoms with Crippen molar-refractivity contribution in [3.05, 3.63) is 78.7 Å². The molecule has 2 aromatic heterocycles. The summed E-state index contributed by atoms with van der Waals surface area (Å²) in [7, 11) is 1.65. The Hall–Kier alpha value is -3.74. The number of carbonyl (C=O) groups excluding carboxylic acids is 1. The van der Waals surface area contributed by atoms with Crippen molar-refractivity contribution >= 4 is 11.6 Å². The molecule has 0 aliphatic carbocycles. The molecule has 0 atom stereocenters. The third-order valence-corrected chi connectivity index (χ3v) is 4.40. The fraction of sp³-hybridized carbons (Fsp3) is 0.0952. The minimum Gasteiger partial charge on any atom is -0.334 e. The minimum atomic E-state index is -0.345. The second-order valence-corrected chi connectivity index (χ2v) is 6.24. The van der Waals surface area contributed by atoms with E-state index in [4.69, 9.17) is 4.52 Å². The van der Waals surface area contributed by atoms with E-state index in [1.54, 1.807) is 29.9 Å². The number of halogens is 1. The van der Waals surface area contributed by atoms with Crippen LogP contribution in [0.15, 0.2) is 77.4 Å². The average molecular weight is 376 g/mol. The van der Waals surface area contributed by atoms with E-state index in [2.05, 4.69) is 10.1 Å². The van der Waals surface area contributed by atoms with E-state index in [1.165, 1.54) is 17.0 Å². The topological polar surface area (TPSA) is 64.2 Å². The van der Waals surface area contributed by atoms with Gasteiger partial charge in [-0.15, -0.1) is 0 Å². The third-order valence-electron chi connectivity index (χ3n) is 4.40. The van der Waals surface area contributed by atoms with Crippen molar-refractivity contribution in [3.8, 4) is 23.0 Å². The molecule has 2 aromatic carbocycles. The molecule has 0 spiro atoms. The molecule has 0 aliphatic heterocycles. The molecule has 6 nitrogen and oxygen atoms in total. The van der Waals surface area contributed by atoms with Gasteiger partial charge in [-0.25, -0.2) is 4.39 Å². The summed E-state index contributed by atoms with van der Waals surface area (Å²) >= 11 is 0. The van der Waals surface area contributed by atoms with Crippen LogP contribution in [0.25, 0.3) is 23.0 Å². The molecule has 140 valence electrons. The molecule has 4 aromatic rings. The molecule has 0 N–H and O–H groups in total. The van der Waals surface area contributed by atoms with Gasteiger partial charge in [0.1, 0.15) is 18.1 Å². The second kappa shape index (κ2) is 7.48. The number of nitrogens with zero attached hydrogens (tertiary/aromatic N) is 4. The lowest BCUT2D eigenvalue weighted by Gasteiger charge is -2.18. The summed E-state index contributed by atoms with van der Waals surface area (Å²) in [6.45, 7) is 0.0826. The van der Waals surface area contributed by atoms with Crippen molar-refractivity contribution in [2.75, 3.05) is 11.9 Å². The number of hydrogen-bond acceptors (Lipinski definition) is 4. The first-order valence-electron chi connectivity index (χ1n) is 8.68. The van der Waals surface area contributed by atoms with E-state index in [0.717, 1.165) is 5.56 Å². The lowest BCUT2D eigenvalue weighted by atomic mass is 10.2. The molecule has 0 saturated carbocycles. The first-order valence-corrected chi connectivity index (χ1v) is 8.68. The van der Waals surface area contributed by atoms with Crippen LogP contribution in [0.3, 0.4) is 0 Å². The highest BCUT2D eigenvalue weighted by molar-refractivity contribution is 5.92. The number of amides is 1. The largest absolute Gasteiger partial charge is 0.334 e. The fourth-order valence-electron chi connectivity index (χ4n) is 2.84. The average Bonchev–Trinajstić information content (AvgIpc) is 3.38. The van der Waals surface area contributed by atoms with Crippen molar-refractivity contribution in [2.24, 2.45) is 0 Å². The third kappa shape index (κ3) is 3.55. The Morgan fingerprint density at radius 1 is 1.07 bits per heavy atom. The summed E-state index contributed by atoms with van der Waals surface area (Å²) in [5, 5.41) is 4.02. The van der Waals surface area contributed by atoms with Gasteiger partial charge in [-0.05, 0) is 36.4 Å². The Bertz CT molecular complexity index is 1090. The normalized spacial score (nSPS) is 10.8. The lowest BCUT2D eigenvalue weighted by Crippen LogP contribution is -2.30. The molecule has 4 rings (SSSR count). The van der Waals surface area contributed by atoms with Gasteiger partial charge < -0.3 is 14.0 Å². The van der Waals surface area contributed by atoms with Crippen molar-refractivity contribution in [1.82, 2.24) is 14.7 Å². The van der Waals surface area contributed by atoms with Crippen molar-refractivity contribution in [2.45, 2.75) is 6.54 Å². The van der Waals surface area contributed by atoms with Crippen LogP contribution in [0.1, 0.15) is 0 Å². The zero-order valence-corrected chi connectivity index (χ0v) is 15.1. The number of likely N-dealkylation sites (N-methyl/N-ethyl adjacent to an activating group) is 1. The predicted octanol–water partition coefficient (Wildman–Crippen LogP) is 4.01. The fourth-order valence-corrected chi connectivity index (χ4v) is 2.84. The molecular weight excluding hydrogens is 359 g/mol. The number of benzene rings is 2. The number of carbonyl (C=O) groups is 1. The second-order valence-electron chi connectivity index (χ2n) is 6.24. The Kier molecular flexibility index (Phi) is 4.72. The molecular formula is C21H17FN4O2. The van der Waals surface area contributed by atoms with E-state index in [-0.39, 0.29) is 18.3 Å². The van der Waals surface area contributed by atoms with E-state index >= 15 is 0 Å². The molecule has 1 amide bonds. The van der Waals surface area contributed by atoms with E-state index in [9.17, 15) is 9.18 Å². The summed E-state index contributed by atoms with van der Waals surface area (Å²) in [6.07, 6.45) is 1.78. The van der Waals surface area contributed by atoms with Gasteiger partial charge in [0.25, 0.3) is 5.89 Å². The van der Waals surface area contributed by atoms with Gasteiger partial charge in [-0.2, -0.15) is 4.98 Å². The number of aromatic nitrogens is 3. The highest BCUT2D eigenvalue weighted by Gasteiger charge is 2.17. The standard InChI is InChI=1S/C21H17FN4O2/c1-25(17-11-9-16(22)10-12-17)19(27)14-26-13-5-8-18(26)21-23-20(24-28-21)15-6-3-2-4-7-15/h2-13H,14H2,1H3. The van der Waals surface area contributed by atoms with Gasteiger partial charge in [0.2, 0.25) is 11.7 Å². The quantitative estimate of drug-likeness (QED) is 0.528. The summed E-state index contributed by atoms with van der Waals surface area (Å²) in [5.74, 6) is 0.314. The van der Waals surface area contributed by atoms with Crippen LogP contribution in [-0.4, -0.2) is 27.7 Å². The van der Waals surface area contributed by atoms with Crippen LogP contribution in [-0.2, 0) is 11.3 Å². The maximum absolute atomic E-state index is 13.1. The van der Waals surface area contributed by atoms with Crippen molar-refractivity contribution in [3.63, 3.8) is 0 Å². The molecule has 0 fully saturated rings. The Morgan fingerprint density at radius 3 is 2.57 bits per heavy atom. The maximum Gasteiger partial charge on any atom is 0.274 e. The van der Waals surface area contributed by atoms with E-state index in [1.807, 2.05) is 42.5 Å². The minimum absolute atomic E-state index is 0.0826. The summed E-state index contributed by atoms with van der Waals surface area (Å²) in [6, 6.07) is 18.9. The molecule has 0 saturated heterocycles. The van der Waals surface area contributed by atoms with Crippen LogP contribution in [0.2, 0.25) is 0 Å². The van der Waals surface area contributed by atoms with Crippen molar-refractivity contribution in [1.29, 1.82) is 0 Å². The first kappa shape index (κ1) is 17.7. The number of rotatable bonds is 5. The zero-order valence-electron chi connectivity index (χ0n) is 15.1. The molecule has 7 heteroatoms. The van der Waals surface area contributed by atoms with Gasteiger partial charge >= 0.3 is 0 Å². The molecule has 28 heavy (non-hydrogen) atoms. The maximum atomic E-state index is 13.1. The summed E-state index contributed by atoms with van der Waals surface area (Å²) in [4.78, 5) is 18.6. The molecule has 0 unspecified atom stereocenters. The van der Waals surface area contributed by atoms with E-state index in [0.29, 0.717) is 23.1 Å². The first-order chi connectivity index (χ1) is 13.6. The van der Waals surface area contributed by atoms with Gasteiger partial charge in [-0.1, -0.05) is 35.5 Å². The summed E-state index contributed by atoms with van der Waals surface area (Å²) in [5.41, 5.74) is 2.11. The monoisotopic (exact) mass is 376 g/mol. The van der Waals surface area contributed by atoms with Crippen LogP contribution in [0, 0.1) is 5.82 Å². The molecule has 0 aliphatic rings. The molecule has 0 bridgehead atoms. The molecule has 0 radical (unpaired) electrons. The number of hydrogen-bond donors (Lipinski definition) is 0. The zero-order chi connectivity index (χ0) is 19.5. The van der Waals surface area contributed by atoms with Crippen LogP contribution in [0.5, 0.6) is 0 Å². The Morgan fingerprint density at radius 2 is 1.82 bits per heavy atom.